The summed E-state index contributed by atoms with van der Waals surface area (Å²) in [7, 11) is 0. The Hall–Kier alpha value is -3.40. The summed E-state index contributed by atoms with van der Waals surface area (Å²) in [4.78, 5) is 0. The number of nitrogens with one attached hydrogen (secondary N) is 1. The molecule has 0 bridgehead atoms. The van der Waals surface area contributed by atoms with Gasteiger partial charge in [-0.2, -0.15) is 10.5 Å². The molecule has 25 heavy (non-hydrogen) atoms. The lowest BCUT2D eigenvalue weighted by atomic mass is 9.96. The third-order valence-electron chi connectivity index (χ3n) is 4.10. The number of nitriles is 2. The van der Waals surface area contributed by atoms with Crippen LogP contribution in [0.3, 0.4) is 0 Å². The molecule has 0 heterocycles. The largest absolute Gasteiger partial charge is 0.287 e. The van der Waals surface area contributed by atoms with Crippen LogP contribution in [0.15, 0.2) is 84.9 Å². The number of benzene rings is 3. The van der Waals surface area contributed by atoms with E-state index in [4.69, 9.17) is 5.26 Å². The zero-order chi connectivity index (χ0) is 17.5. The van der Waals surface area contributed by atoms with Gasteiger partial charge in [0.15, 0.2) is 0 Å². The SMILES string of the molecule is N#Cc1ccc([C@@H](C#N)NC(c2ccccc2)c2ccccc2)cc1. The van der Waals surface area contributed by atoms with Gasteiger partial charge in [-0.05, 0) is 28.8 Å². The lowest BCUT2D eigenvalue weighted by Gasteiger charge is -2.23. The lowest BCUT2D eigenvalue weighted by molar-refractivity contribution is 0.559. The molecule has 3 nitrogen and oxygen atoms in total. The van der Waals surface area contributed by atoms with Gasteiger partial charge in [0.1, 0.15) is 6.04 Å². The van der Waals surface area contributed by atoms with Crippen molar-refractivity contribution in [3.8, 4) is 12.1 Å². The standard InChI is InChI=1S/C22H17N3/c23-15-17-11-13-18(14-12-17)21(16-24)25-22(19-7-3-1-4-8-19)20-9-5-2-6-10-20/h1-14,21-22,25H/t21-/m1/s1. The molecule has 0 aromatic heterocycles. The first-order chi connectivity index (χ1) is 12.3. The predicted molar refractivity (Wildman–Crippen MR) is 97.4 cm³/mol. The second kappa shape index (κ2) is 7.93. The van der Waals surface area contributed by atoms with E-state index in [1.165, 1.54) is 0 Å². The van der Waals surface area contributed by atoms with Gasteiger partial charge in [-0.3, -0.25) is 5.32 Å². The quantitative estimate of drug-likeness (QED) is 0.752. The summed E-state index contributed by atoms with van der Waals surface area (Å²) in [6.45, 7) is 0. The van der Waals surface area contributed by atoms with Crippen LogP contribution in [-0.2, 0) is 0 Å². The van der Waals surface area contributed by atoms with Gasteiger partial charge in [0.25, 0.3) is 0 Å². The minimum Gasteiger partial charge on any atom is -0.287 e. The maximum absolute atomic E-state index is 9.67. The van der Waals surface area contributed by atoms with Crippen molar-refractivity contribution in [2.24, 2.45) is 0 Å². The fraction of sp³-hybridized carbons (Fsp3) is 0.0909. The monoisotopic (exact) mass is 323 g/mol. The molecular weight excluding hydrogens is 306 g/mol. The second-order valence-corrected chi connectivity index (χ2v) is 5.72. The molecule has 3 rings (SSSR count). The molecule has 0 aliphatic rings. The molecular formula is C22H17N3. The molecule has 1 atom stereocenters. The molecule has 0 aliphatic carbocycles. The van der Waals surface area contributed by atoms with Crippen LogP contribution in [0.2, 0.25) is 0 Å². The Balaban J connectivity index is 1.93. The first kappa shape index (κ1) is 16.5. The van der Waals surface area contributed by atoms with Gasteiger partial charge in [0.2, 0.25) is 0 Å². The summed E-state index contributed by atoms with van der Waals surface area (Å²) in [5.74, 6) is 0. The van der Waals surface area contributed by atoms with Crippen LogP contribution >= 0.6 is 0 Å². The van der Waals surface area contributed by atoms with E-state index >= 15 is 0 Å². The number of hydrogen-bond donors (Lipinski definition) is 1. The molecule has 0 saturated carbocycles. The van der Waals surface area contributed by atoms with Crippen LogP contribution in [0.4, 0.5) is 0 Å². The fourth-order valence-corrected chi connectivity index (χ4v) is 2.80. The predicted octanol–water partition coefficient (Wildman–Crippen LogP) is 4.50. The third-order valence-corrected chi connectivity index (χ3v) is 4.10. The summed E-state index contributed by atoms with van der Waals surface area (Å²) in [5, 5.41) is 22.1. The number of rotatable bonds is 5. The lowest BCUT2D eigenvalue weighted by Crippen LogP contribution is -2.26. The van der Waals surface area contributed by atoms with E-state index in [9.17, 15) is 5.26 Å². The van der Waals surface area contributed by atoms with E-state index < -0.39 is 6.04 Å². The van der Waals surface area contributed by atoms with Crippen LogP contribution in [0.1, 0.15) is 34.3 Å². The smallest absolute Gasteiger partial charge is 0.122 e. The number of hydrogen-bond acceptors (Lipinski definition) is 3. The van der Waals surface area contributed by atoms with Crippen LogP contribution in [-0.4, -0.2) is 0 Å². The van der Waals surface area contributed by atoms with E-state index in [1.807, 2.05) is 48.5 Å². The van der Waals surface area contributed by atoms with Gasteiger partial charge in [-0.25, -0.2) is 0 Å². The Labute approximate surface area is 147 Å². The highest BCUT2D eigenvalue weighted by Gasteiger charge is 2.19. The molecule has 0 amide bonds. The number of nitrogens with zero attached hydrogens (tertiary/aromatic N) is 2. The average Bonchev–Trinajstić information content (AvgIpc) is 2.70. The van der Waals surface area contributed by atoms with Gasteiger partial charge in [-0.15, -0.1) is 0 Å². The molecule has 0 radical (unpaired) electrons. The highest BCUT2D eigenvalue weighted by molar-refractivity contribution is 5.37. The highest BCUT2D eigenvalue weighted by Crippen LogP contribution is 2.26. The maximum atomic E-state index is 9.67. The van der Waals surface area contributed by atoms with E-state index in [0.717, 1.165) is 16.7 Å². The molecule has 0 spiro atoms. The van der Waals surface area contributed by atoms with Crippen LogP contribution in [0, 0.1) is 22.7 Å². The van der Waals surface area contributed by atoms with Gasteiger partial charge < -0.3 is 0 Å². The zero-order valence-corrected chi connectivity index (χ0v) is 13.6. The van der Waals surface area contributed by atoms with Crippen molar-refractivity contribution in [3.05, 3.63) is 107 Å². The fourth-order valence-electron chi connectivity index (χ4n) is 2.80. The van der Waals surface area contributed by atoms with Crippen molar-refractivity contribution in [2.45, 2.75) is 12.1 Å². The van der Waals surface area contributed by atoms with Gasteiger partial charge >= 0.3 is 0 Å². The van der Waals surface area contributed by atoms with E-state index in [2.05, 4.69) is 41.7 Å². The zero-order valence-electron chi connectivity index (χ0n) is 13.6. The van der Waals surface area contributed by atoms with Crippen molar-refractivity contribution in [1.29, 1.82) is 10.5 Å². The van der Waals surface area contributed by atoms with Crippen molar-refractivity contribution >= 4 is 0 Å². The van der Waals surface area contributed by atoms with Crippen LogP contribution in [0.25, 0.3) is 0 Å². The summed E-state index contributed by atoms with van der Waals surface area (Å²) < 4.78 is 0. The Morgan fingerprint density at radius 2 is 1.16 bits per heavy atom. The summed E-state index contributed by atoms with van der Waals surface area (Å²) in [6.07, 6.45) is 0. The summed E-state index contributed by atoms with van der Waals surface area (Å²) in [5.41, 5.74) is 3.63. The van der Waals surface area contributed by atoms with Crippen LogP contribution < -0.4 is 5.32 Å². The van der Waals surface area contributed by atoms with E-state index in [-0.39, 0.29) is 6.04 Å². The Morgan fingerprint density at radius 1 is 0.640 bits per heavy atom. The van der Waals surface area contributed by atoms with E-state index in [0.29, 0.717) is 5.56 Å². The molecule has 3 aromatic rings. The molecule has 0 saturated heterocycles. The van der Waals surface area contributed by atoms with E-state index in [1.54, 1.807) is 12.1 Å². The van der Waals surface area contributed by atoms with Crippen LogP contribution in [0.5, 0.6) is 0 Å². The Kier molecular flexibility index (Phi) is 5.22. The van der Waals surface area contributed by atoms with Crippen molar-refractivity contribution in [3.63, 3.8) is 0 Å². The Bertz CT molecular complexity index is 849. The first-order valence-electron chi connectivity index (χ1n) is 8.07. The minimum atomic E-state index is -0.474. The normalized spacial score (nSPS) is 11.5. The average molecular weight is 323 g/mol. The molecule has 0 unspecified atom stereocenters. The Morgan fingerprint density at radius 3 is 1.60 bits per heavy atom. The molecule has 0 fully saturated rings. The van der Waals surface area contributed by atoms with Gasteiger partial charge in [0, 0.05) is 0 Å². The minimum absolute atomic E-state index is 0.0947. The molecule has 0 aliphatic heterocycles. The third kappa shape index (κ3) is 3.93. The van der Waals surface area contributed by atoms with Crippen molar-refractivity contribution < 1.29 is 0 Å². The second-order valence-electron chi connectivity index (χ2n) is 5.72. The first-order valence-corrected chi connectivity index (χ1v) is 8.07. The molecule has 3 heteroatoms. The van der Waals surface area contributed by atoms with Crippen molar-refractivity contribution in [1.82, 2.24) is 5.32 Å². The van der Waals surface area contributed by atoms with Gasteiger partial charge in [-0.1, -0.05) is 72.8 Å². The van der Waals surface area contributed by atoms with Crippen molar-refractivity contribution in [2.75, 3.05) is 0 Å². The molecule has 3 aromatic carbocycles. The highest BCUT2D eigenvalue weighted by atomic mass is 15.0. The molecule has 120 valence electrons. The molecule has 1 N–H and O–H groups in total. The summed E-state index contributed by atoms with van der Waals surface area (Å²) in [6, 6.07) is 31.1. The van der Waals surface area contributed by atoms with Gasteiger partial charge in [0.05, 0.1) is 23.7 Å². The topological polar surface area (TPSA) is 59.6 Å². The summed E-state index contributed by atoms with van der Waals surface area (Å²) >= 11 is 0. The maximum Gasteiger partial charge on any atom is 0.122 e.